The zero-order valence-corrected chi connectivity index (χ0v) is 20.1. The average Bonchev–Trinajstić information content (AvgIpc) is 3.16. The second-order valence-corrected chi connectivity index (χ2v) is 9.24. The zero-order chi connectivity index (χ0) is 23.3. The topological polar surface area (TPSA) is 74.8 Å². The van der Waals surface area contributed by atoms with Gasteiger partial charge in [0.15, 0.2) is 0 Å². The van der Waals surface area contributed by atoms with Crippen molar-refractivity contribution in [2.45, 2.75) is 40.3 Å². The number of aromatic nitrogens is 1. The summed E-state index contributed by atoms with van der Waals surface area (Å²) in [5, 5.41) is 3.74. The Morgan fingerprint density at radius 2 is 2.03 bits per heavy atom. The van der Waals surface area contributed by atoms with Crippen molar-refractivity contribution in [3.05, 3.63) is 58.6 Å². The van der Waals surface area contributed by atoms with E-state index in [9.17, 15) is 9.59 Å². The Morgan fingerprint density at radius 1 is 1.28 bits per heavy atom. The molecule has 170 valence electrons. The maximum absolute atomic E-state index is 12.4. The number of nitrogens with zero attached hydrogens (tertiary/aromatic N) is 3. The van der Waals surface area contributed by atoms with Crippen LogP contribution in [0.15, 0.2) is 42.5 Å². The van der Waals surface area contributed by atoms with Crippen LogP contribution in [0.1, 0.15) is 31.9 Å². The van der Waals surface area contributed by atoms with Gasteiger partial charge in [0.05, 0.1) is 22.9 Å². The first-order valence-electron chi connectivity index (χ1n) is 10.3. The lowest BCUT2D eigenvalue weighted by atomic mass is 10.0. The number of rotatable bonds is 10. The fraction of sp³-hybridized carbons (Fsp3) is 0.348. The summed E-state index contributed by atoms with van der Waals surface area (Å²) in [6.07, 6.45) is 0.594. The van der Waals surface area contributed by atoms with E-state index in [0.29, 0.717) is 23.1 Å². The molecule has 3 rings (SSSR count). The number of nitrogens with one attached hydrogen (secondary N) is 1. The van der Waals surface area contributed by atoms with Crippen molar-refractivity contribution in [3.63, 3.8) is 0 Å². The van der Waals surface area contributed by atoms with Gasteiger partial charge in [-0.15, -0.1) is 0 Å². The third-order valence-corrected chi connectivity index (χ3v) is 6.41. The Labute approximate surface area is 196 Å². The third kappa shape index (κ3) is 5.83. The van der Waals surface area contributed by atoms with Crippen LogP contribution in [0.4, 0.5) is 5.13 Å². The zero-order valence-electron chi connectivity index (χ0n) is 18.5. The minimum absolute atomic E-state index is 0.0594. The van der Waals surface area contributed by atoms with Crippen molar-refractivity contribution >= 4 is 50.6 Å². The van der Waals surface area contributed by atoms with Gasteiger partial charge in [0.1, 0.15) is 0 Å². The predicted molar refractivity (Wildman–Crippen MR) is 128 cm³/mol. The number of hydrogen-bond acceptors (Lipinski definition) is 6. The molecule has 0 fully saturated rings. The molecule has 0 aliphatic rings. The number of benzene rings is 2. The van der Waals surface area contributed by atoms with Crippen LogP contribution in [-0.4, -0.2) is 35.0 Å². The van der Waals surface area contributed by atoms with Crippen molar-refractivity contribution in [2.75, 3.05) is 11.7 Å². The lowest BCUT2D eigenvalue weighted by Crippen LogP contribution is -2.53. The van der Waals surface area contributed by atoms with Crippen LogP contribution in [0.5, 0.6) is 0 Å². The van der Waals surface area contributed by atoms with Gasteiger partial charge in [-0.25, -0.2) is 10.4 Å². The summed E-state index contributed by atoms with van der Waals surface area (Å²) in [7, 11) is 0. The highest BCUT2D eigenvalue weighted by atomic mass is 35.5. The molecule has 0 radical (unpaired) electrons. The molecule has 1 N–H and O–H groups in total. The lowest BCUT2D eigenvalue weighted by molar-refractivity contribution is -0.139. The summed E-state index contributed by atoms with van der Waals surface area (Å²) in [5.74, 6) is -0.100. The third-order valence-electron chi connectivity index (χ3n) is 5.04. The SMILES string of the molecule is CC(=O)N(NCc1ccccc1Cl)[C@H](CON(C=O)c1nc2ccc(C)cc2s1)C(C)C. The summed E-state index contributed by atoms with van der Waals surface area (Å²) >= 11 is 7.62. The van der Waals surface area contributed by atoms with E-state index in [2.05, 4.69) is 10.4 Å². The van der Waals surface area contributed by atoms with Crippen LogP contribution in [0.3, 0.4) is 0 Å². The van der Waals surface area contributed by atoms with E-state index in [1.165, 1.54) is 18.3 Å². The van der Waals surface area contributed by atoms with Crippen molar-refractivity contribution in [3.8, 4) is 0 Å². The number of aryl methyl sites for hydroxylation is 1. The van der Waals surface area contributed by atoms with Crippen molar-refractivity contribution < 1.29 is 14.4 Å². The molecule has 0 saturated heterocycles. The van der Waals surface area contributed by atoms with Gasteiger partial charge in [-0.1, -0.05) is 61.1 Å². The van der Waals surface area contributed by atoms with Crippen LogP contribution in [-0.2, 0) is 21.0 Å². The molecule has 32 heavy (non-hydrogen) atoms. The highest BCUT2D eigenvalue weighted by Crippen LogP contribution is 2.29. The molecule has 7 nitrogen and oxygen atoms in total. The Morgan fingerprint density at radius 3 is 2.69 bits per heavy atom. The summed E-state index contributed by atoms with van der Waals surface area (Å²) in [4.78, 5) is 34.5. The van der Waals surface area contributed by atoms with Crippen LogP contribution in [0, 0.1) is 12.8 Å². The Hall–Kier alpha value is -2.52. The van der Waals surface area contributed by atoms with Crippen LogP contribution in [0.2, 0.25) is 5.02 Å². The summed E-state index contributed by atoms with van der Waals surface area (Å²) in [5.41, 5.74) is 5.97. The van der Waals surface area contributed by atoms with E-state index in [1.54, 1.807) is 11.1 Å². The van der Waals surface area contributed by atoms with Gasteiger partial charge in [-0.2, -0.15) is 5.06 Å². The number of hydroxylamine groups is 1. The van der Waals surface area contributed by atoms with Gasteiger partial charge < -0.3 is 0 Å². The molecule has 0 aliphatic carbocycles. The van der Waals surface area contributed by atoms with Gasteiger partial charge in [0.25, 0.3) is 0 Å². The number of thiazole rings is 1. The minimum atomic E-state index is -0.325. The first kappa shape index (κ1) is 24.1. The largest absolute Gasteiger partial charge is 0.276 e. The molecule has 1 heterocycles. The van der Waals surface area contributed by atoms with Gasteiger partial charge in [-0.05, 0) is 42.2 Å². The highest BCUT2D eigenvalue weighted by molar-refractivity contribution is 7.22. The molecule has 1 aromatic heterocycles. The molecule has 3 aromatic rings. The van der Waals surface area contributed by atoms with E-state index in [-0.39, 0.29) is 24.5 Å². The predicted octanol–water partition coefficient (Wildman–Crippen LogP) is 4.73. The van der Waals surface area contributed by atoms with Crippen molar-refractivity contribution in [2.24, 2.45) is 5.92 Å². The summed E-state index contributed by atoms with van der Waals surface area (Å²) in [6.45, 7) is 7.98. The van der Waals surface area contributed by atoms with Gasteiger partial charge in [-0.3, -0.25) is 19.4 Å². The van der Waals surface area contributed by atoms with Crippen molar-refractivity contribution in [1.29, 1.82) is 0 Å². The second-order valence-electron chi connectivity index (χ2n) is 7.82. The fourth-order valence-electron chi connectivity index (χ4n) is 3.24. The number of halogens is 1. The Bertz CT molecular complexity index is 1090. The average molecular weight is 475 g/mol. The molecular formula is C23H27ClN4O3S. The van der Waals surface area contributed by atoms with Crippen LogP contribution < -0.4 is 10.5 Å². The first-order chi connectivity index (χ1) is 15.3. The number of hydrogen-bond donors (Lipinski definition) is 1. The van der Waals surface area contributed by atoms with E-state index in [4.69, 9.17) is 16.4 Å². The Kier molecular flexibility index (Phi) is 8.20. The fourth-order valence-corrected chi connectivity index (χ4v) is 4.43. The molecule has 0 bridgehead atoms. The van der Waals surface area contributed by atoms with E-state index in [0.717, 1.165) is 26.4 Å². The normalized spacial score (nSPS) is 12.2. The van der Waals surface area contributed by atoms with E-state index in [1.807, 2.05) is 57.2 Å². The number of anilines is 1. The highest BCUT2D eigenvalue weighted by Gasteiger charge is 2.26. The van der Waals surface area contributed by atoms with E-state index >= 15 is 0 Å². The first-order valence-corrected chi connectivity index (χ1v) is 11.5. The molecule has 0 aliphatic heterocycles. The van der Waals surface area contributed by atoms with Gasteiger partial charge in [0, 0.05) is 18.5 Å². The maximum atomic E-state index is 12.4. The number of hydrazine groups is 1. The molecule has 0 unspecified atom stereocenters. The number of carbonyl (C=O) groups excluding carboxylic acids is 2. The molecule has 0 saturated carbocycles. The lowest BCUT2D eigenvalue weighted by Gasteiger charge is -2.34. The molecular weight excluding hydrogens is 448 g/mol. The number of amides is 2. The second kappa shape index (κ2) is 10.9. The van der Waals surface area contributed by atoms with Crippen LogP contribution >= 0.6 is 22.9 Å². The summed E-state index contributed by atoms with van der Waals surface area (Å²) < 4.78 is 0.975. The summed E-state index contributed by atoms with van der Waals surface area (Å²) in [6, 6.07) is 13.0. The minimum Gasteiger partial charge on any atom is -0.276 e. The Balaban J connectivity index is 1.73. The molecule has 9 heteroatoms. The number of carbonyl (C=O) groups is 2. The number of fused-ring (bicyclic) bond motifs is 1. The standard InChI is InChI=1S/C23H27ClN4O3S/c1-15(2)21(28(17(4)30)25-12-18-7-5-6-8-19(18)24)13-31-27(14-29)23-26-20-10-9-16(3)11-22(20)32-23/h5-11,14-15,21,25H,12-13H2,1-4H3/t21-/m1/s1. The van der Waals surface area contributed by atoms with Gasteiger partial charge in [0.2, 0.25) is 17.4 Å². The smallest absolute Gasteiger partial charge is 0.240 e. The van der Waals surface area contributed by atoms with E-state index < -0.39 is 0 Å². The monoisotopic (exact) mass is 474 g/mol. The van der Waals surface area contributed by atoms with Crippen molar-refractivity contribution in [1.82, 2.24) is 15.4 Å². The van der Waals surface area contributed by atoms with Gasteiger partial charge >= 0.3 is 0 Å². The quantitative estimate of drug-likeness (QED) is 0.339. The van der Waals surface area contributed by atoms with Crippen LogP contribution in [0.25, 0.3) is 10.2 Å². The molecule has 1 atom stereocenters. The maximum Gasteiger partial charge on any atom is 0.240 e. The molecule has 2 aromatic carbocycles. The molecule has 0 spiro atoms. The molecule has 2 amide bonds.